The van der Waals surface area contributed by atoms with Gasteiger partial charge in [0, 0.05) is 49.3 Å². The van der Waals surface area contributed by atoms with Crippen molar-refractivity contribution in [3.8, 4) is 11.5 Å². The maximum atomic E-state index is 5.91. The highest BCUT2D eigenvalue weighted by Gasteiger charge is 2.28. The van der Waals surface area contributed by atoms with E-state index < -0.39 is 0 Å². The van der Waals surface area contributed by atoms with Crippen molar-refractivity contribution in [1.82, 2.24) is 15.5 Å². The second-order valence-corrected chi connectivity index (χ2v) is 8.36. The number of guanidine groups is 1. The Labute approximate surface area is 197 Å². The smallest absolute Gasteiger partial charge is 0.191 e. The fraction of sp³-hybridized carbons (Fsp3) is 0.682. The number of hydrogen-bond donors (Lipinski definition) is 2. The van der Waals surface area contributed by atoms with Crippen LogP contribution in [0.2, 0.25) is 0 Å². The van der Waals surface area contributed by atoms with Gasteiger partial charge in [0.2, 0.25) is 0 Å². The second kappa shape index (κ2) is 11.4. The van der Waals surface area contributed by atoms with E-state index in [4.69, 9.17) is 19.2 Å². The van der Waals surface area contributed by atoms with Crippen LogP contribution in [0, 0.1) is 0 Å². The van der Waals surface area contributed by atoms with Crippen molar-refractivity contribution in [2.24, 2.45) is 4.99 Å². The number of halogens is 1. The van der Waals surface area contributed by atoms with Crippen LogP contribution < -0.4 is 20.1 Å². The summed E-state index contributed by atoms with van der Waals surface area (Å²) in [6.07, 6.45) is 1.14. The zero-order valence-electron chi connectivity index (χ0n) is 18.9. The molecule has 2 N–H and O–H groups in total. The Bertz CT molecular complexity index is 721. The number of methoxy groups -OCH3 is 1. The number of fused-ring (bicyclic) bond motifs is 1. The maximum absolute atomic E-state index is 5.91. The first-order valence-corrected chi connectivity index (χ1v) is 10.6. The standard InChI is InChI=1S/C22H36N4O3.HI/c1-6-23-21(25-15-22(3,4)26-7-9-28-10-8-26)24-14-18-13-20-17(11-16(2)29-20)12-19(18)27-5;/h12-13,16H,6-11,14-15H2,1-5H3,(H2,23,24,25);1H. The summed E-state index contributed by atoms with van der Waals surface area (Å²) in [4.78, 5) is 7.27. The van der Waals surface area contributed by atoms with E-state index in [2.05, 4.69) is 55.4 Å². The number of hydrogen-bond acceptors (Lipinski definition) is 5. The van der Waals surface area contributed by atoms with Crippen molar-refractivity contribution in [3.05, 3.63) is 23.3 Å². The van der Waals surface area contributed by atoms with E-state index in [0.29, 0.717) is 6.54 Å². The molecule has 2 aliphatic rings. The van der Waals surface area contributed by atoms with E-state index in [1.54, 1.807) is 7.11 Å². The van der Waals surface area contributed by atoms with Gasteiger partial charge < -0.3 is 24.8 Å². The summed E-state index contributed by atoms with van der Waals surface area (Å²) in [6.45, 7) is 14.4. The van der Waals surface area contributed by atoms with Crippen LogP contribution >= 0.6 is 24.0 Å². The van der Waals surface area contributed by atoms with Gasteiger partial charge in [-0.05, 0) is 39.8 Å². The van der Waals surface area contributed by atoms with Crippen LogP contribution in [0.15, 0.2) is 17.1 Å². The fourth-order valence-electron chi connectivity index (χ4n) is 3.88. The van der Waals surface area contributed by atoms with Gasteiger partial charge in [-0.1, -0.05) is 0 Å². The van der Waals surface area contributed by atoms with Gasteiger partial charge in [-0.15, -0.1) is 24.0 Å². The van der Waals surface area contributed by atoms with Crippen molar-refractivity contribution < 1.29 is 14.2 Å². The molecule has 0 amide bonds. The Balaban J connectivity index is 0.00000320. The van der Waals surface area contributed by atoms with Crippen LogP contribution in [-0.4, -0.2) is 69.0 Å². The Morgan fingerprint density at radius 3 is 2.67 bits per heavy atom. The van der Waals surface area contributed by atoms with Gasteiger partial charge in [-0.2, -0.15) is 0 Å². The molecule has 1 unspecified atom stereocenters. The Hall–Kier alpha value is -1.26. The van der Waals surface area contributed by atoms with Gasteiger partial charge in [0.15, 0.2) is 5.96 Å². The lowest BCUT2D eigenvalue weighted by molar-refractivity contribution is -0.00834. The molecule has 1 aromatic rings. The van der Waals surface area contributed by atoms with Gasteiger partial charge in [0.05, 0.1) is 26.9 Å². The quantitative estimate of drug-likeness (QED) is 0.320. The normalized spacial score (nSPS) is 19.5. The highest BCUT2D eigenvalue weighted by atomic mass is 127. The maximum Gasteiger partial charge on any atom is 0.191 e. The molecule has 0 bridgehead atoms. The molecule has 0 spiro atoms. The Kier molecular flexibility index (Phi) is 9.49. The molecule has 0 radical (unpaired) electrons. The van der Waals surface area contributed by atoms with E-state index in [9.17, 15) is 0 Å². The van der Waals surface area contributed by atoms with Crippen LogP contribution in [0.4, 0.5) is 0 Å². The third-order valence-electron chi connectivity index (χ3n) is 5.61. The molecular formula is C22H37IN4O3. The lowest BCUT2D eigenvalue weighted by Crippen LogP contribution is -2.56. The highest BCUT2D eigenvalue weighted by Crippen LogP contribution is 2.35. The van der Waals surface area contributed by atoms with Crippen LogP contribution in [0.1, 0.15) is 38.8 Å². The third kappa shape index (κ3) is 6.37. The molecule has 0 aliphatic carbocycles. The van der Waals surface area contributed by atoms with Crippen LogP contribution in [0.25, 0.3) is 0 Å². The molecule has 8 heteroatoms. The second-order valence-electron chi connectivity index (χ2n) is 8.36. The van der Waals surface area contributed by atoms with E-state index in [1.807, 2.05) is 0 Å². The summed E-state index contributed by atoms with van der Waals surface area (Å²) in [5.74, 6) is 2.63. The molecule has 1 atom stereocenters. The van der Waals surface area contributed by atoms with Gasteiger partial charge in [-0.3, -0.25) is 4.90 Å². The number of nitrogens with one attached hydrogen (secondary N) is 2. The van der Waals surface area contributed by atoms with Crippen molar-refractivity contribution >= 4 is 29.9 Å². The zero-order valence-corrected chi connectivity index (χ0v) is 21.2. The van der Waals surface area contributed by atoms with Crippen LogP contribution in [-0.2, 0) is 17.7 Å². The monoisotopic (exact) mass is 532 g/mol. The van der Waals surface area contributed by atoms with Gasteiger partial charge in [-0.25, -0.2) is 4.99 Å². The van der Waals surface area contributed by atoms with Crippen LogP contribution in [0.5, 0.6) is 11.5 Å². The van der Waals surface area contributed by atoms with Crippen molar-refractivity contribution in [2.75, 3.05) is 46.5 Å². The number of nitrogens with zero attached hydrogens (tertiary/aromatic N) is 2. The van der Waals surface area contributed by atoms with Gasteiger partial charge in [0.1, 0.15) is 17.6 Å². The van der Waals surface area contributed by atoms with E-state index in [0.717, 1.165) is 68.8 Å². The summed E-state index contributed by atoms with van der Waals surface area (Å²) < 4.78 is 17.0. The number of morpholine rings is 1. The molecule has 1 fully saturated rings. The molecule has 30 heavy (non-hydrogen) atoms. The average molecular weight is 532 g/mol. The molecular weight excluding hydrogens is 495 g/mol. The molecule has 1 saturated heterocycles. The minimum Gasteiger partial charge on any atom is -0.496 e. The van der Waals surface area contributed by atoms with Crippen molar-refractivity contribution in [2.45, 2.75) is 52.3 Å². The lowest BCUT2D eigenvalue weighted by Gasteiger charge is -2.41. The summed E-state index contributed by atoms with van der Waals surface area (Å²) in [5, 5.41) is 6.86. The summed E-state index contributed by atoms with van der Waals surface area (Å²) >= 11 is 0. The zero-order chi connectivity index (χ0) is 20.9. The SMILES string of the molecule is CCNC(=NCc1cc2c(cc1OC)CC(C)O2)NCC(C)(C)N1CCOCC1.I. The molecule has 1 aromatic carbocycles. The number of aliphatic imine (C=N–C) groups is 1. The highest BCUT2D eigenvalue weighted by molar-refractivity contribution is 14.0. The van der Waals surface area contributed by atoms with Crippen molar-refractivity contribution in [3.63, 3.8) is 0 Å². The van der Waals surface area contributed by atoms with Gasteiger partial charge >= 0.3 is 0 Å². The molecule has 170 valence electrons. The number of rotatable bonds is 7. The lowest BCUT2D eigenvalue weighted by atomic mass is 10.0. The minimum atomic E-state index is 0. The first kappa shape index (κ1) is 25.0. The first-order chi connectivity index (χ1) is 13.9. The number of ether oxygens (including phenoxy) is 3. The molecule has 3 rings (SSSR count). The Morgan fingerprint density at radius 1 is 1.27 bits per heavy atom. The molecule has 2 aliphatic heterocycles. The van der Waals surface area contributed by atoms with Gasteiger partial charge in [0.25, 0.3) is 0 Å². The van der Waals surface area contributed by atoms with E-state index in [-0.39, 0.29) is 35.6 Å². The summed E-state index contributed by atoms with van der Waals surface area (Å²) in [7, 11) is 1.71. The number of benzene rings is 1. The first-order valence-electron chi connectivity index (χ1n) is 10.6. The Morgan fingerprint density at radius 2 is 2.00 bits per heavy atom. The molecule has 2 heterocycles. The minimum absolute atomic E-state index is 0. The van der Waals surface area contributed by atoms with Crippen LogP contribution in [0.3, 0.4) is 0 Å². The van der Waals surface area contributed by atoms with E-state index >= 15 is 0 Å². The predicted molar refractivity (Wildman–Crippen MR) is 131 cm³/mol. The third-order valence-corrected chi connectivity index (χ3v) is 5.61. The van der Waals surface area contributed by atoms with Crippen molar-refractivity contribution in [1.29, 1.82) is 0 Å². The van der Waals surface area contributed by atoms with E-state index in [1.165, 1.54) is 5.56 Å². The molecule has 0 aromatic heterocycles. The molecule has 7 nitrogen and oxygen atoms in total. The average Bonchev–Trinajstić information content (AvgIpc) is 3.08. The predicted octanol–water partition coefficient (Wildman–Crippen LogP) is 2.80. The topological polar surface area (TPSA) is 67.4 Å². The summed E-state index contributed by atoms with van der Waals surface area (Å²) in [5.41, 5.74) is 2.26. The molecule has 0 saturated carbocycles. The summed E-state index contributed by atoms with van der Waals surface area (Å²) in [6, 6.07) is 4.16. The largest absolute Gasteiger partial charge is 0.496 e. The fourth-order valence-corrected chi connectivity index (χ4v) is 3.88.